The van der Waals surface area contributed by atoms with Gasteiger partial charge in [-0.1, -0.05) is 12.1 Å². The number of benzene rings is 1. The number of hydrogen-bond acceptors (Lipinski definition) is 3. The number of carbonyl (C=O) groups is 1. The second-order valence-electron chi connectivity index (χ2n) is 3.46. The predicted molar refractivity (Wildman–Crippen MR) is 64.0 cm³/mol. The molecule has 0 saturated carbocycles. The predicted octanol–water partition coefficient (Wildman–Crippen LogP) is 0.853. The van der Waals surface area contributed by atoms with Crippen LogP contribution in [0.25, 0.3) is 0 Å². The number of carboxylic acid groups (broad SMARTS) is 1. The van der Waals surface area contributed by atoms with Crippen LogP contribution < -0.4 is 5.32 Å². The third-order valence-electron chi connectivity index (χ3n) is 2.07. The molecule has 0 spiro atoms. The van der Waals surface area contributed by atoms with E-state index in [9.17, 15) is 9.00 Å². The van der Waals surface area contributed by atoms with Crippen LogP contribution in [-0.4, -0.2) is 33.8 Å². The Hall–Kier alpha value is -1.20. The number of carboxylic acids is 1. The number of hydrogen-bond donors (Lipinski definition) is 2. The smallest absolute Gasteiger partial charge is 0.335 e. The van der Waals surface area contributed by atoms with Crippen LogP contribution in [0.2, 0.25) is 0 Å². The molecule has 0 aliphatic rings. The van der Waals surface area contributed by atoms with Crippen LogP contribution in [-0.2, 0) is 17.3 Å². The molecule has 0 radical (unpaired) electrons. The van der Waals surface area contributed by atoms with E-state index in [4.69, 9.17) is 5.11 Å². The van der Waals surface area contributed by atoms with Gasteiger partial charge in [0, 0.05) is 35.9 Å². The summed E-state index contributed by atoms with van der Waals surface area (Å²) in [6.45, 7) is 1.26. The highest BCUT2D eigenvalue weighted by molar-refractivity contribution is 7.84. The molecule has 0 amide bonds. The second kappa shape index (κ2) is 6.40. The molecule has 0 aliphatic carbocycles. The van der Waals surface area contributed by atoms with Gasteiger partial charge in [-0.2, -0.15) is 0 Å². The van der Waals surface area contributed by atoms with Crippen molar-refractivity contribution in [2.24, 2.45) is 0 Å². The van der Waals surface area contributed by atoms with E-state index in [1.807, 2.05) is 6.07 Å². The van der Waals surface area contributed by atoms with E-state index in [1.54, 1.807) is 24.5 Å². The third kappa shape index (κ3) is 4.55. The summed E-state index contributed by atoms with van der Waals surface area (Å²) in [5.41, 5.74) is 1.21. The largest absolute Gasteiger partial charge is 0.478 e. The number of aromatic carboxylic acids is 1. The molecule has 1 aromatic rings. The Bertz CT molecular complexity index is 393. The Morgan fingerprint density at radius 2 is 2.25 bits per heavy atom. The lowest BCUT2D eigenvalue weighted by Crippen LogP contribution is -2.19. The summed E-state index contributed by atoms with van der Waals surface area (Å²) in [6.07, 6.45) is 1.66. The molecule has 0 heterocycles. The maximum atomic E-state index is 10.8. The van der Waals surface area contributed by atoms with E-state index in [0.717, 1.165) is 5.56 Å². The van der Waals surface area contributed by atoms with Crippen molar-refractivity contribution in [1.82, 2.24) is 5.32 Å². The molecule has 0 saturated heterocycles. The van der Waals surface area contributed by atoms with E-state index in [-0.39, 0.29) is 0 Å². The van der Waals surface area contributed by atoms with E-state index >= 15 is 0 Å². The fraction of sp³-hybridized carbons (Fsp3) is 0.364. The first kappa shape index (κ1) is 12.9. The van der Waals surface area contributed by atoms with E-state index in [1.165, 1.54) is 0 Å². The normalized spacial score (nSPS) is 12.3. The SMILES string of the molecule is CS(=O)CCNCc1cccc(C(=O)O)c1. The van der Waals surface area contributed by atoms with E-state index in [2.05, 4.69) is 5.32 Å². The Balaban J connectivity index is 2.45. The van der Waals surface area contributed by atoms with Crippen LogP contribution in [0, 0.1) is 0 Å². The minimum atomic E-state index is -0.920. The molecule has 16 heavy (non-hydrogen) atoms. The molecular formula is C11H15NO3S. The Labute approximate surface area is 97.1 Å². The van der Waals surface area contributed by atoms with E-state index in [0.29, 0.717) is 24.4 Å². The van der Waals surface area contributed by atoms with Crippen molar-refractivity contribution in [3.05, 3.63) is 35.4 Å². The zero-order chi connectivity index (χ0) is 12.0. The third-order valence-corrected chi connectivity index (χ3v) is 2.85. The van der Waals surface area contributed by atoms with Gasteiger partial charge in [0.1, 0.15) is 0 Å². The Kier molecular flexibility index (Phi) is 5.14. The zero-order valence-corrected chi connectivity index (χ0v) is 9.92. The summed E-state index contributed by atoms with van der Waals surface area (Å²) in [5.74, 6) is -0.310. The lowest BCUT2D eigenvalue weighted by molar-refractivity contribution is 0.0696. The van der Waals surface area contributed by atoms with Crippen molar-refractivity contribution < 1.29 is 14.1 Å². The zero-order valence-electron chi connectivity index (χ0n) is 9.10. The molecule has 2 N–H and O–H groups in total. The molecule has 1 unspecified atom stereocenters. The molecule has 5 heteroatoms. The van der Waals surface area contributed by atoms with Crippen molar-refractivity contribution >= 4 is 16.8 Å². The monoisotopic (exact) mass is 241 g/mol. The Morgan fingerprint density at radius 1 is 1.50 bits per heavy atom. The van der Waals surface area contributed by atoms with Gasteiger partial charge in [-0.05, 0) is 17.7 Å². The van der Waals surface area contributed by atoms with Gasteiger partial charge in [-0.25, -0.2) is 4.79 Å². The van der Waals surface area contributed by atoms with Crippen molar-refractivity contribution in [2.45, 2.75) is 6.54 Å². The van der Waals surface area contributed by atoms with Gasteiger partial charge < -0.3 is 10.4 Å². The van der Waals surface area contributed by atoms with Crippen LogP contribution in [0.15, 0.2) is 24.3 Å². The summed E-state index contributed by atoms with van der Waals surface area (Å²) in [7, 11) is -0.792. The Morgan fingerprint density at radius 3 is 2.88 bits per heavy atom. The van der Waals surface area contributed by atoms with Crippen molar-refractivity contribution in [3.8, 4) is 0 Å². The number of rotatable bonds is 6. The minimum Gasteiger partial charge on any atom is -0.478 e. The van der Waals surface area contributed by atoms with Gasteiger partial charge in [-0.3, -0.25) is 4.21 Å². The van der Waals surface area contributed by atoms with Gasteiger partial charge >= 0.3 is 5.97 Å². The van der Waals surface area contributed by atoms with Crippen LogP contribution in [0.3, 0.4) is 0 Å². The summed E-state index contributed by atoms with van der Waals surface area (Å²) < 4.78 is 10.8. The fourth-order valence-corrected chi connectivity index (χ4v) is 1.69. The molecule has 1 rings (SSSR count). The summed E-state index contributed by atoms with van der Waals surface area (Å²) in [5, 5.41) is 11.9. The molecule has 4 nitrogen and oxygen atoms in total. The highest BCUT2D eigenvalue weighted by Gasteiger charge is 2.02. The molecule has 1 atom stereocenters. The standard InChI is InChI=1S/C11H15NO3S/c1-16(15)6-5-12-8-9-3-2-4-10(7-9)11(13)14/h2-4,7,12H,5-6,8H2,1H3,(H,13,14). The van der Waals surface area contributed by atoms with Crippen molar-refractivity contribution in [2.75, 3.05) is 18.6 Å². The minimum absolute atomic E-state index is 0.290. The van der Waals surface area contributed by atoms with Gasteiger partial charge in [0.25, 0.3) is 0 Å². The first-order chi connectivity index (χ1) is 7.59. The van der Waals surface area contributed by atoms with Gasteiger partial charge in [0.15, 0.2) is 0 Å². The first-order valence-corrected chi connectivity index (χ1v) is 6.65. The molecule has 0 bridgehead atoms. The molecule has 0 aliphatic heterocycles. The van der Waals surface area contributed by atoms with Gasteiger partial charge in [0.05, 0.1) is 5.56 Å². The first-order valence-electron chi connectivity index (χ1n) is 4.92. The second-order valence-corrected chi connectivity index (χ2v) is 5.01. The quantitative estimate of drug-likeness (QED) is 0.725. The van der Waals surface area contributed by atoms with E-state index < -0.39 is 16.8 Å². The molecule has 0 aromatic heterocycles. The highest BCUT2D eigenvalue weighted by atomic mass is 32.2. The molecule has 0 fully saturated rings. The van der Waals surface area contributed by atoms with Gasteiger partial charge in [0.2, 0.25) is 0 Å². The summed E-state index contributed by atoms with van der Waals surface area (Å²) in [6, 6.07) is 6.78. The topological polar surface area (TPSA) is 66.4 Å². The van der Waals surface area contributed by atoms with Crippen molar-refractivity contribution in [3.63, 3.8) is 0 Å². The maximum absolute atomic E-state index is 10.8. The summed E-state index contributed by atoms with van der Waals surface area (Å²) >= 11 is 0. The highest BCUT2D eigenvalue weighted by Crippen LogP contribution is 2.04. The van der Waals surface area contributed by atoms with Crippen LogP contribution in [0.1, 0.15) is 15.9 Å². The average molecular weight is 241 g/mol. The van der Waals surface area contributed by atoms with Crippen LogP contribution in [0.4, 0.5) is 0 Å². The lowest BCUT2D eigenvalue weighted by atomic mass is 10.1. The van der Waals surface area contributed by atoms with Gasteiger partial charge in [-0.15, -0.1) is 0 Å². The average Bonchev–Trinajstić information content (AvgIpc) is 2.24. The molecule has 88 valence electrons. The lowest BCUT2D eigenvalue weighted by Gasteiger charge is -2.04. The molecular weight excluding hydrogens is 226 g/mol. The fourth-order valence-electron chi connectivity index (χ4n) is 1.26. The maximum Gasteiger partial charge on any atom is 0.335 e. The molecule has 1 aromatic carbocycles. The summed E-state index contributed by atoms with van der Waals surface area (Å²) in [4.78, 5) is 10.7. The number of nitrogens with one attached hydrogen (secondary N) is 1. The van der Waals surface area contributed by atoms with Crippen LogP contribution >= 0.6 is 0 Å². The van der Waals surface area contributed by atoms with Crippen LogP contribution in [0.5, 0.6) is 0 Å². The van der Waals surface area contributed by atoms with Crippen molar-refractivity contribution in [1.29, 1.82) is 0 Å².